The number of ketones is 2. The molecule has 702 valence electrons. The Hall–Kier alpha value is -9.30. The van der Waals surface area contributed by atoms with E-state index in [1.165, 1.54) is 53.4 Å². The van der Waals surface area contributed by atoms with Crippen molar-refractivity contribution in [2.24, 2.45) is 68.4 Å². The first-order chi connectivity index (χ1) is 57.8. The van der Waals surface area contributed by atoms with E-state index >= 15 is 0 Å². The van der Waals surface area contributed by atoms with Crippen LogP contribution in [0.3, 0.4) is 0 Å². The number of aliphatic hydroxyl groups excluding tert-OH is 4. The number of aliphatic hydroxyl groups is 4. The first-order valence-corrected chi connectivity index (χ1v) is 44.0. The monoisotopic (exact) mass is 1750 g/mol. The van der Waals surface area contributed by atoms with Gasteiger partial charge in [-0.3, -0.25) is 77.1 Å². The number of rotatable bonds is 43. The van der Waals surface area contributed by atoms with Gasteiger partial charge in [0.15, 0.2) is 11.6 Å². The van der Waals surface area contributed by atoms with Gasteiger partial charge in [0.05, 0.1) is 55.3 Å². The Morgan fingerprint density at radius 1 is 0.390 bits per heavy atom. The third-order valence-corrected chi connectivity index (χ3v) is 21.2. The first-order valence-electron chi connectivity index (χ1n) is 44.0. The Labute approximate surface area is 725 Å². The van der Waals surface area contributed by atoms with Crippen molar-refractivity contribution in [3.8, 4) is 0 Å². The Morgan fingerprint density at radius 2 is 0.691 bits per heavy atom. The lowest BCUT2D eigenvalue weighted by Crippen LogP contribution is -2.61. The van der Waals surface area contributed by atoms with Crippen LogP contribution in [0.2, 0.25) is 0 Å². The van der Waals surface area contributed by atoms with Gasteiger partial charge in [0.2, 0.25) is 70.9 Å². The van der Waals surface area contributed by atoms with Crippen molar-refractivity contribution < 1.29 is 107 Å². The average molecular weight is 1750 g/mol. The van der Waals surface area contributed by atoms with Gasteiger partial charge in [-0.15, -0.1) is 0 Å². The highest BCUT2D eigenvalue weighted by Crippen LogP contribution is 2.23. The highest BCUT2D eigenvalue weighted by atomic mass is 16.5. The number of cyclic esters (lactones) is 2. The summed E-state index contributed by atoms with van der Waals surface area (Å²) in [5, 5.41) is 66.9. The fraction of sp³-hybridized carbons (Fsp3) is 0.788. The smallest absolute Gasteiger partial charge is 0.328 e. The Bertz CT molecular complexity index is 3420. The van der Waals surface area contributed by atoms with Crippen LogP contribution in [0.1, 0.15) is 283 Å². The van der Waals surface area contributed by atoms with Crippen molar-refractivity contribution in [3.05, 3.63) is 0 Å². The standard InChI is InChI=1S/C43H76N8O11.C42H74N8O11/c1-25(2)31-23-34(54)33(48-36(56)22-30(53)18-16-14-12-10-8-9-11-13-15-17-21-46-29(7)44)24-62-43(61)27(5)47-40(58)32(19-20-35(45)55)49-42(60)38(28(6)52)51-41(59)37(26(3)4)50-39(31)57;1-24(2)30-21-33(53)32(47-35(55)20-29(52)18-16-14-12-10-8-9-11-13-15-17-19-45-28(7)43)23-61-42(60)26(5)46-39(57)31(22-34(44)54)48-41(59)37(27(6)51)50-40(58)36(25(3)4)49-38(30)56/h25-28,30-33,37-38,52-53H,8-24H2,1-7H3,(H2,44,46)(H2,45,55)(H,47,58)(H,48,56)(H,49,60)(H,50,57)(H,51,59);24-27,29-32,36-37,51-52H,8-23H2,1-7H3,(H2,43,45)(H2,44,54)(H,46,57)(H,47,55)(H,48,59)(H,49,56)(H,50,58). The van der Waals surface area contributed by atoms with Crippen molar-refractivity contribution in [3.63, 3.8) is 0 Å². The Kier molecular flexibility index (Phi) is 55.5. The van der Waals surface area contributed by atoms with Crippen LogP contribution in [-0.4, -0.2) is 238 Å². The molecule has 0 aromatic heterocycles. The number of ether oxygens (including phenoxy) is 2. The SMILES string of the molecule is CC(N)=NCCCCCCCCCCCCC(O)CC(=O)NC1COC(=O)C(C)NC(=O)C(CC(N)=O)NC(=O)C(C(C)O)NC(=O)C(C(C)C)NC(=O)C(C(C)C)CC1=O.CC(N)=NCCCCCCCCCCCCC(O)CC(=O)NC1COC(=O)C(C)NC(=O)C(CCC(N)=O)NC(=O)C(C(C)O)NC(=O)C(C(C)C)NC(=O)C(C(C)C)CC1=O. The van der Waals surface area contributed by atoms with E-state index in [2.05, 4.69) is 63.2 Å². The molecule has 2 rings (SSSR count). The zero-order valence-electron chi connectivity index (χ0n) is 75.2. The molecular weight excluding hydrogens is 1600 g/mol. The zero-order chi connectivity index (χ0) is 93.2. The number of nitrogens with one attached hydrogen (secondary N) is 10. The minimum Gasteiger partial charge on any atom is -0.461 e. The summed E-state index contributed by atoms with van der Waals surface area (Å²) < 4.78 is 10.7. The van der Waals surface area contributed by atoms with E-state index in [4.69, 9.17) is 32.4 Å². The lowest BCUT2D eigenvalue weighted by atomic mass is 9.87. The normalized spacial score (nSPS) is 23.9. The van der Waals surface area contributed by atoms with Crippen LogP contribution < -0.4 is 76.1 Å². The number of primary amides is 2. The minimum absolute atomic E-state index is 0.307. The number of amides is 12. The van der Waals surface area contributed by atoms with Gasteiger partial charge < -0.3 is 106 Å². The molecule has 123 heavy (non-hydrogen) atoms. The van der Waals surface area contributed by atoms with E-state index < -0.39 is 247 Å². The number of nitrogens with zero attached hydrogens (tertiary/aromatic N) is 2. The van der Waals surface area contributed by atoms with Crippen LogP contribution in [0.5, 0.6) is 0 Å². The van der Waals surface area contributed by atoms with Gasteiger partial charge in [-0.25, -0.2) is 9.59 Å². The number of nitrogens with two attached hydrogens (primary N) is 4. The number of carbonyl (C=O) groups excluding carboxylic acids is 16. The first kappa shape index (κ1) is 112. The summed E-state index contributed by atoms with van der Waals surface area (Å²) in [6.07, 6.45) is 13.7. The van der Waals surface area contributed by atoms with Gasteiger partial charge >= 0.3 is 11.9 Å². The molecule has 0 radical (unpaired) electrons. The molecule has 38 heteroatoms. The molecule has 2 heterocycles. The van der Waals surface area contributed by atoms with Crippen LogP contribution in [0.25, 0.3) is 0 Å². The molecule has 12 amide bonds. The quantitative estimate of drug-likeness (QED) is 0.0178. The Morgan fingerprint density at radius 3 is 0.992 bits per heavy atom. The van der Waals surface area contributed by atoms with Gasteiger partial charge in [-0.2, -0.15) is 0 Å². The molecule has 2 aliphatic rings. The maximum atomic E-state index is 13.9. The summed E-state index contributed by atoms with van der Waals surface area (Å²) in [6, 6.07) is -14.5. The number of hydrogen-bond donors (Lipinski definition) is 18. The summed E-state index contributed by atoms with van der Waals surface area (Å²) in [4.78, 5) is 220. The summed E-state index contributed by atoms with van der Waals surface area (Å²) in [6.45, 7) is 22.0. The number of amidine groups is 2. The van der Waals surface area contributed by atoms with Gasteiger partial charge in [0.1, 0.15) is 73.6 Å². The molecule has 16 unspecified atom stereocenters. The molecule has 0 spiro atoms. The third-order valence-electron chi connectivity index (χ3n) is 21.2. The average Bonchev–Trinajstić information content (AvgIpc) is 1.78. The number of esters is 2. The van der Waals surface area contributed by atoms with Crippen LogP contribution in [0.15, 0.2) is 9.98 Å². The molecule has 38 nitrogen and oxygen atoms in total. The maximum Gasteiger partial charge on any atom is 0.328 e. The summed E-state index contributed by atoms with van der Waals surface area (Å²) in [5.74, 6) is -16.4. The van der Waals surface area contributed by atoms with Gasteiger partial charge in [-0.1, -0.05) is 171 Å². The topological polar surface area (TPSA) is 622 Å². The number of Topliss-reactive ketones (excluding diaryl/α,β-unsaturated/α-hetero) is 2. The predicted molar refractivity (Wildman–Crippen MR) is 461 cm³/mol. The summed E-state index contributed by atoms with van der Waals surface area (Å²) in [7, 11) is 0. The lowest BCUT2D eigenvalue weighted by molar-refractivity contribution is -0.150. The molecule has 0 aliphatic carbocycles. The molecule has 16 atom stereocenters. The predicted octanol–water partition coefficient (Wildman–Crippen LogP) is 1.49. The molecule has 0 bridgehead atoms. The van der Waals surface area contributed by atoms with E-state index in [0.29, 0.717) is 37.4 Å². The van der Waals surface area contributed by atoms with Gasteiger partial charge in [0, 0.05) is 44.2 Å². The second-order valence-corrected chi connectivity index (χ2v) is 34.1. The molecule has 0 saturated carbocycles. The van der Waals surface area contributed by atoms with Crippen LogP contribution in [0.4, 0.5) is 0 Å². The maximum absolute atomic E-state index is 13.9. The lowest BCUT2D eigenvalue weighted by Gasteiger charge is -2.29. The number of aliphatic imine (C=N–C) groups is 2. The summed E-state index contributed by atoms with van der Waals surface area (Å²) >= 11 is 0. The fourth-order valence-electron chi connectivity index (χ4n) is 13.6. The molecule has 2 saturated heterocycles. The van der Waals surface area contributed by atoms with Crippen molar-refractivity contribution in [1.82, 2.24) is 53.2 Å². The number of unbranched alkanes of at least 4 members (excludes halogenated alkanes) is 18. The number of carbonyl (C=O) groups is 16. The molecule has 0 aromatic rings. The van der Waals surface area contributed by atoms with E-state index in [0.717, 1.165) is 103 Å². The van der Waals surface area contributed by atoms with Crippen LogP contribution in [0, 0.1) is 35.5 Å². The van der Waals surface area contributed by atoms with Crippen molar-refractivity contribution in [2.75, 3.05) is 26.3 Å². The van der Waals surface area contributed by atoms with Crippen LogP contribution in [-0.2, 0) is 86.2 Å². The van der Waals surface area contributed by atoms with Crippen molar-refractivity contribution in [1.29, 1.82) is 0 Å². The second-order valence-electron chi connectivity index (χ2n) is 34.1. The van der Waals surface area contributed by atoms with Gasteiger partial charge in [-0.05, 0) is 97.3 Å². The highest BCUT2D eigenvalue weighted by molar-refractivity contribution is 6.00. The van der Waals surface area contributed by atoms with E-state index in [1.54, 1.807) is 69.2 Å². The second kappa shape index (κ2) is 61.1. The zero-order valence-corrected chi connectivity index (χ0v) is 75.2. The summed E-state index contributed by atoms with van der Waals surface area (Å²) in [5.41, 5.74) is 21.7. The molecule has 22 N–H and O–H groups in total. The Balaban J connectivity index is 0.00000123. The highest BCUT2D eigenvalue weighted by Gasteiger charge is 2.41. The number of hydrogen-bond acceptors (Lipinski definition) is 24. The van der Waals surface area contributed by atoms with Crippen molar-refractivity contribution in [2.45, 2.75) is 368 Å². The fourth-order valence-corrected chi connectivity index (χ4v) is 13.6. The third kappa shape index (κ3) is 48.0. The van der Waals surface area contributed by atoms with Crippen molar-refractivity contribution >= 4 is 106 Å². The van der Waals surface area contributed by atoms with E-state index in [-0.39, 0.29) is 25.7 Å². The molecular formula is C85H150N16O22. The van der Waals surface area contributed by atoms with Gasteiger partial charge in [0.25, 0.3) is 0 Å². The van der Waals surface area contributed by atoms with E-state index in [9.17, 15) is 97.1 Å². The molecule has 2 aliphatic heterocycles. The largest absolute Gasteiger partial charge is 0.461 e. The van der Waals surface area contributed by atoms with Crippen LogP contribution >= 0.6 is 0 Å². The van der Waals surface area contributed by atoms with E-state index in [1.807, 2.05) is 0 Å². The minimum atomic E-state index is -1.66. The molecule has 2 fully saturated rings. The molecule has 0 aromatic carbocycles.